The molecule has 0 unspecified atom stereocenters. The fourth-order valence-electron chi connectivity index (χ4n) is 6.81. The lowest BCUT2D eigenvalue weighted by atomic mass is 9.68. The smallest absolute Gasteiger partial charge is 0.411 e. The Morgan fingerprint density at radius 3 is 2.49 bits per heavy atom. The Kier molecular flexibility index (Phi) is 12.5. The molecule has 1 aliphatic carbocycles. The molecule has 9 heteroatoms. The molecule has 0 aromatic heterocycles. The molecule has 41 heavy (non-hydrogen) atoms. The Morgan fingerprint density at radius 1 is 1.10 bits per heavy atom. The van der Waals surface area contributed by atoms with Crippen molar-refractivity contribution in [3.05, 3.63) is 35.9 Å². The third kappa shape index (κ3) is 10.2. The second-order valence-corrected chi connectivity index (χ2v) is 14.7. The lowest BCUT2D eigenvalue weighted by Crippen LogP contribution is -2.60. The van der Waals surface area contributed by atoms with Crippen molar-refractivity contribution in [3.63, 3.8) is 0 Å². The van der Waals surface area contributed by atoms with Crippen molar-refractivity contribution in [2.24, 2.45) is 5.92 Å². The summed E-state index contributed by atoms with van der Waals surface area (Å²) in [5, 5.41) is 11.7. The lowest BCUT2D eigenvalue weighted by Gasteiger charge is -2.50. The van der Waals surface area contributed by atoms with E-state index in [-0.39, 0.29) is 24.5 Å². The number of likely N-dealkylation sites (tertiary alicyclic amines) is 1. The Bertz CT molecular complexity index is 1040. The summed E-state index contributed by atoms with van der Waals surface area (Å²) in [5.41, 5.74) is -0.157. The van der Waals surface area contributed by atoms with Gasteiger partial charge in [-0.15, -0.1) is 0 Å². The highest BCUT2D eigenvalue weighted by Gasteiger charge is 2.56. The zero-order valence-electron chi connectivity index (χ0n) is 25.8. The quantitative estimate of drug-likeness (QED) is 0.191. The van der Waals surface area contributed by atoms with Crippen LogP contribution >= 0.6 is 0 Å². The molecule has 1 spiro atoms. The maximum Gasteiger partial charge on any atom is 0.411 e. The molecule has 2 aliphatic rings. The minimum absolute atomic E-state index is 0.168. The first-order valence-electron chi connectivity index (χ1n) is 15.5. The van der Waals surface area contributed by atoms with Gasteiger partial charge in [-0.3, -0.25) is 9.08 Å². The first-order valence-corrected chi connectivity index (χ1v) is 17.4. The molecule has 1 saturated carbocycles. The van der Waals surface area contributed by atoms with Crippen LogP contribution in [0.4, 0.5) is 4.79 Å². The number of carbonyl (C=O) groups excluding carboxylic acids is 1. The monoisotopic (exact) mass is 595 g/mol. The molecule has 3 rings (SSSR count). The predicted octanol–water partition coefficient (Wildman–Crippen LogP) is 6.60. The average molecular weight is 596 g/mol. The zero-order chi connectivity index (χ0) is 30.1. The summed E-state index contributed by atoms with van der Waals surface area (Å²) in [6.45, 7) is 8.58. The van der Waals surface area contributed by atoms with E-state index in [2.05, 4.69) is 6.92 Å². The second kappa shape index (κ2) is 15.2. The molecule has 8 nitrogen and oxygen atoms in total. The van der Waals surface area contributed by atoms with E-state index >= 15 is 0 Å². The summed E-state index contributed by atoms with van der Waals surface area (Å²) in [7, 11) is -3.67. The van der Waals surface area contributed by atoms with Gasteiger partial charge in [-0.2, -0.15) is 8.42 Å². The summed E-state index contributed by atoms with van der Waals surface area (Å²) in [4.78, 5) is 15.7. The van der Waals surface area contributed by atoms with Gasteiger partial charge < -0.3 is 14.6 Å². The van der Waals surface area contributed by atoms with Crippen molar-refractivity contribution in [2.75, 3.05) is 12.9 Å². The van der Waals surface area contributed by atoms with Crippen molar-refractivity contribution in [2.45, 2.75) is 141 Å². The number of aliphatic hydroxyl groups excluding tert-OH is 1. The summed E-state index contributed by atoms with van der Waals surface area (Å²) < 4.78 is 41.7. The lowest BCUT2D eigenvalue weighted by molar-refractivity contribution is -0.0745. The zero-order valence-corrected chi connectivity index (χ0v) is 26.7. The molecule has 0 bridgehead atoms. The normalized spacial score (nSPS) is 24.9. The number of hydrogen-bond acceptors (Lipinski definition) is 7. The third-order valence-corrected chi connectivity index (χ3v) is 9.11. The molecule has 1 saturated heterocycles. The largest absolute Gasteiger partial charge is 0.444 e. The number of carbonyl (C=O) groups is 1. The molecule has 234 valence electrons. The van der Waals surface area contributed by atoms with Gasteiger partial charge in [0.15, 0.2) is 0 Å². The molecule has 1 aliphatic heterocycles. The van der Waals surface area contributed by atoms with E-state index in [4.69, 9.17) is 13.7 Å². The number of rotatable bonds is 14. The van der Waals surface area contributed by atoms with E-state index in [1.807, 2.05) is 56.0 Å². The van der Waals surface area contributed by atoms with Crippen LogP contribution in [0.25, 0.3) is 0 Å². The third-order valence-electron chi connectivity index (χ3n) is 8.49. The van der Waals surface area contributed by atoms with Crippen LogP contribution in [0.3, 0.4) is 0 Å². The van der Waals surface area contributed by atoms with E-state index < -0.39 is 33.5 Å². The van der Waals surface area contributed by atoms with E-state index in [0.717, 1.165) is 76.0 Å². The SMILES string of the molecule is CCCCCC[C@@H](C[C@H](O)[C@@H]1CCCC[C@]12CC[C@@H](COCc1ccccc1)N2C(=O)OC(C)(C)C)OS(C)(=O)=O. The summed E-state index contributed by atoms with van der Waals surface area (Å²) in [5.74, 6) is -0.204. The Hall–Kier alpha value is -1.68. The highest BCUT2D eigenvalue weighted by Crippen LogP contribution is 2.50. The van der Waals surface area contributed by atoms with Crippen LogP contribution < -0.4 is 0 Å². The van der Waals surface area contributed by atoms with E-state index in [1.165, 1.54) is 0 Å². The van der Waals surface area contributed by atoms with Crippen LogP contribution in [-0.4, -0.2) is 66.8 Å². The van der Waals surface area contributed by atoms with Gasteiger partial charge in [0, 0.05) is 12.3 Å². The number of nitrogens with zero attached hydrogens (tertiary/aromatic N) is 1. The van der Waals surface area contributed by atoms with Crippen molar-refractivity contribution in [3.8, 4) is 0 Å². The van der Waals surface area contributed by atoms with Crippen LogP contribution in [0.15, 0.2) is 30.3 Å². The van der Waals surface area contributed by atoms with Crippen molar-refractivity contribution >= 4 is 16.2 Å². The minimum atomic E-state index is -3.67. The molecule has 1 N–H and O–H groups in total. The molecule has 1 aromatic carbocycles. The van der Waals surface area contributed by atoms with Crippen LogP contribution in [-0.2, 0) is 30.4 Å². The molecule has 1 aromatic rings. The highest BCUT2D eigenvalue weighted by atomic mass is 32.2. The van der Waals surface area contributed by atoms with Gasteiger partial charge in [-0.1, -0.05) is 75.8 Å². The van der Waals surface area contributed by atoms with Gasteiger partial charge in [0.25, 0.3) is 10.1 Å². The van der Waals surface area contributed by atoms with Gasteiger partial charge >= 0.3 is 6.09 Å². The first-order chi connectivity index (χ1) is 19.3. The predicted molar refractivity (Wildman–Crippen MR) is 161 cm³/mol. The molecule has 1 heterocycles. The summed E-state index contributed by atoms with van der Waals surface area (Å²) in [6.07, 6.45) is 9.10. The van der Waals surface area contributed by atoms with E-state index in [9.17, 15) is 18.3 Å². The fourth-order valence-corrected chi connectivity index (χ4v) is 7.48. The van der Waals surface area contributed by atoms with Gasteiger partial charge in [0.2, 0.25) is 0 Å². The maximum atomic E-state index is 13.8. The number of aliphatic hydroxyl groups is 1. The van der Waals surface area contributed by atoms with E-state index in [1.54, 1.807) is 0 Å². The van der Waals surface area contributed by atoms with Crippen LogP contribution in [0.5, 0.6) is 0 Å². The fraction of sp³-hybridized carbons (Fsp3) is 0.781. The van der Waals surface area contributed by atoms with E-state index in [0.29, 0.717) is 19.6 Å². The average Bonchev–Trinajstić information content (AvgIpc) is 3.23. The number of benzene rings is 1. The highest BCUT2D eigenvalue weighted by molar-refractivity contribution is 7.86. The molecule has 1 amide bonds. The van der Waals surface area contributed by atoms with Gasteiger partial charge in [-0.05, 0) is 58.4 Å². The standard InChI is InChI=1S/C32H53NO7S/c1-6-7-8-12-17-27(40-41(5,36)37)22-29(34)28-18-13-14-20-32(28)21-19-26(33(32)30(35)39-31(2,3)4)24-38-23-25-15-10-9-11-16-25/h9-11,15-16,26-29,34H,6-8,12-14,17-24H2,1-5H3/t26-,27-,28-,29-,32-/m0/s1. The Morgan fingerprint density at radius 2 is 1.83 bits per heavy atom. The number of hydrogen-bond donors (Lipinski definition) is 1. The Labute approximate surface area is 248 Å². The van der Waals surface area contributed by atoms with Crippen LogP contribution in [0.1, 0.15) is 110 Å². The van der Waals surface area contributed by atoms with Crippen molar-refractivity contribution in [1.29, 1.82) is 0 Å². The van der Waals surface area contributed by atoms with Gasteiger partial charge in [-0.25, -0.2) is 4.79 Å². The molecular formula is C32H53NO7S. The van der Waals surface area contributed by atoms with Crippen molar-refractivity contribution in [1.82, 2.24) is 4.90 Å². The Balaban J connectivity index is 1.82. The van der Waals surface area contributed by atoms with Crippen LogP contribution in [0.2, 0.25) is 0 Å². The molecule has 0 radical (unpaired) electrons. The molecule has 5 atom stereocenters. The molecule has 2 fully saturated rings. The number of amides is 1. The molecular weight excluding hydrogens is 542 g/mol. The maximum absolute atomic E-state index is 13.8. The number of ether oxygens (including phenoxy) is 2. The van der Waals surface area contributed by atoms with Crippen LogP contribution in [0, 0.1) is 5.92 Å². The minimum Gasteiger partial charge on any atom is -0.444 e. The summed E-state index contributed by atoms with van der Waals surface area (Å²) >= 11 is 0. The van der Waals surface area contributed by atoms with Crippen molar-refractivity contribution < 1.29 is 32.0 Å². The first kappa shape index (κ1) is 33.8. The number of unbranched alkanes of at least 4 members (excludes halogenated alkanes) is 3. The topological polar surface area (TPSA) is 102 Å². The van der Waals surface area contributed by atoms with Gasteiger partial charge in [0.1, 0.15) is 5.60 Å². The second-order valence-electron chi connectivity index (χ2n) is 13.1. The summed E-state index contributed by atoms with van der Waals surface area (Å²) in [6, 6.07) is 9.81. The van der Waals surface area contributed by atoms with Gasteiger partial charge in [0.05, 0.1) is 43.3 Å².